The van der Waals surface area contributed by atoms with Gasteiger partial charge in [0, 0.05) is 23.6 Å². The van der Waals surface area contributed by atoms with Crippen molar-refractivity contribution in [1.82, 2.24) is 19.8 Å². The Morgan fingerprint density at radius 1 is 1.03 bits per heavy atom. The van der Waals surface area contributed by atoms with Gasteiger partial charge < -0.3 is 14.8 Å². The first-order chi connectivity index (χ1) is 16.5. The first kappa shape index (κ1) is 23.1. The Morgan fingerprint density at radius 3 is 2.53 bits per heavy atom. The Labute approximate surface area is 209 Å². The second kappa shape index (κ2) is 9.53. The van der Waals surface area contributed by atoms with Crippen molar-refractivity contribution in [2.75, 3.05) is 0 Å². The summed E-state index contributed by atoms with van der Waals surface area (Å²) in [4.78, 5) is 7.28. The Morgan fingerprint density at radius 2 is 1.82 bits per heavy atom. The highest BCUT2D eigenvalue weighted by Gasteiger charge is 2.44. The predicted molar refractivity (Wildman–Crippen MR) is 144 cm³/mol. The van der Waals surface area contributed by atoms with Gasteiger partial charge >= 0.3 is 0 Å². The van der Waals surface area contributed by atoms with Crippen LogP contribution in [-0.4, -0.2) is 25.6 Å². The molecule has 1 N–H and O–H groups in total. The van der Waals surface area contributed by atoms with Crippen molar-refractivity contribution in [2.45, 2.75) is 84.3 Å². The molecule has 1 saturated heterocycles. The zero-order chi connectivity index (χ0) is 23.8. The largest absolute Gasteiger partial charge is 0.352 e. The number of para-hydroxylation sites is 1. The normalized spacial score (nSPS) is 21.2. The number of aryl methyl sites for hydroxylation is 3. The molecule has 4 nitrogen and oxygen atoms in total. The molecule has 0 bridgehead atoms. The summed E-state index contributed by atoms with van der Waals surface area (Å²) >= 11 is 5.99. The number of pyridine rings is 1. The average molecular weight is 473 g/mol. The molecule has 2 atom stereocenters. The van der Waals surface area contributed by atoms with Gasteiger partial charge in [-0.3, -0.25) is 4.98 Å². The van der Waals surface area contributed by atoms with E-state index in [0.717, 1.165) is 17.2 Å². The Hall–Kier alpha value is -2.66. The van der Waals surface area contributed by atoms with Gasteiger partial charge in [-0.05, 0) is 87.1 Å². The van der Waals surface area contributed by atoms with Crippen LogP contribution in [0.4, 0.5) is 0 Å². The molecule has 2 aliphatic rings. The van der Waals surface area contributed by atoms with E-state index in [0.29, 0.717) is 6.04 Å². The van der Waals surface area contributed by atoms with Crippen LogP contribution in [0.25, 0.3) is 5.69 Å². The zero-order valence-electron chi connectivity index (χ0n) is 20.8. The third-order valence-corrected chi connectivity index (χ3v) is 8.15. The van der Waals surface area contributed by atoms with Crippen LogP contribution >= 0.6 is 12.2 Å². The maximum Gasteiger partial charge on any atom is 0.170 e. The lowest BCUT2D eigenvalue weighted by molar-refractivity contribution is 0.197. The van der Waals surface area contributed by atoms with E-state index in [4.69, 9.17) is 17.2 Å². The molecule has 0 amide bonds. The van der Waals surface area contributed by atoms with Gasteiger partial charge in [-0.2, -0.15) is 0 Å². The molecule has 34 heavy (non-hydrogen) atoms. The molecule has 1 aliphatic heterocycles. The van der Waals surface area contributed by atoms with Gasteiger partial charge in [0.25, 0.3) is 0 Å². The van der Waals surface area contributed by atoms with E-state index in [1.807, 2.05) is 12.3 Å². The molecular weight excluding hydrogens is 436 g/mol. The van der Waals surface area contributed by atoms with Crippen molar-refractivity contribution in [3.05, 3.63) is 82.4 Å². The van der Waals surface area contributed by atoms with Crippen molar-refractivity contribution >= 4 is 17.3 Å². The highest BCUT2D eigenvalue weighted by atomic mass is 32.1. The first-order valence-electron chi connectivity index (χ1n) is 12.8. The summed E-state index contributed by atoms with van der Waals surface area (Å²) in [6.45, 7) is 8.99. The monoisotopic (exact) mass is 472 g/mol. The molecule has 0 spiro atoms. The van der Waals surface area contributed by atoms with Gasteiger partial charge in [-0.15, -0.1) is 0 Å². The Bertz CT molecular complexity index is 1180. The van der Waals surface area contributed by atoms with Crippen LogP contribution in [0.2, 0.25) is 0 Å². The van der Waals surface area contributed by atoms with Gasteiger partial charge in [-0.1, -0.05) is 50.5 Å². The van der Waals surface area contributed by atoms with Gasteiger partial charge in [0.05, 0.1) is 23.5 Å². The molecule has 178 valence electrons. The summed E-state index contributed by atoms with van der Waals surface area (Å²) < 4.78 is 2.47. The standard InChI is InChI=1S/C29H36N4S/c1-5-22-13-11-12-19(2)27(22)32-20(3)18-24(21(32)4)28-26(25-16-9-10-17-30-25)31-29(34)33(28)23-14-7-6-8-15-23/h9-13,16-18,23,26,28H,5-8,14-15H2,1-4H3,(H,31,34). The van der Waals surface area contributed by atoms with E-state index < -0.39 is 0 Å². The predicted octanol–water partition coefficient (Wildman–Crippen LogP) is 6.67. The van der Waals surface area contributed by atoms with Gasteiger partial charge in [0.1, 0.15) is 0 Å². The van der Waals surface area contributed by atoms with Crippen LogP contribution in [-0.2, 0) is 6.42 Å². The summed E-state index contributed by atoms with van der Waals surface area (Å²) in [5.74, 6) is 0. The quantitative estimate of drug-likeness (QED) is 0.421. The highest BCUT2D eigenvalue weighted by molar-refractivity contribution is 7.80. The Kier molecular flexibility index (Phi) is 6.48. The average Bonchev–Trinajstić information content (AvgIpc) is 3.35. The lowest BCUT2D eigenvalue weighted by Crippen LogP contribution is -2.40. The van der Waals surface area contributed by atoms with Gasteiger partial charge in [-0.25, -0.2) is 0 Å². The van der Waals surface area contributed by atoms with Crippen LogP contribution in [0, 0.1) is 20.8 Å². The fourth-order valence-corrected chi connectivity index (χ4v) is 6.60. The van der Waals surface area contributed by atoms with E-state index in [9.17, 15) is 0 Å². The number of nitrogens with one attached hydrogen (secondary N) is 1. The van der Waals surface area contributed by atoms with E-state index in [1.165, 1.54) is 65.9 Å². The molecular formula is C29H36N4S. The van der Waals surface area contributed by atoms with Gasteiger partial charge in [0.15, 0.2) is 5.11 Å². The lowest BCUT2D eigenvalue weighted by Gasteiger charge is -2.37. The fraction of sp³-hybridized carbons (Fsp3) is 0.448. The summed E-state index contributed by atoms with van der Waals surface area (Å²) in [5, 5.41) is 4.56. The Balaban J connectivity index is 1.66. The SMILES string of the molecule is CCc1cccc(C)c1-n1c(C)cc(C2C(c3ccccn3)NC(=S)N2C2CCCCC2)c1C. The minimum absolute atomic E-state index is 0.0482. The topological polar surface area (TPSA) is 33.1 Å². The molecule has 1 aliphatic carbocycles. The fourth-order valence-electron chi connectivity index (χ4n) is 6.21. The zero-order valence-corrected chi connectivity index (χ0v) is 21.7. The highest BCUT2D eigenvalue weighted by Crippen LogP contribution is 2.44. The summed E-state index contributed by atoms with van der Waals surface area (Å²) in [5.41, 5.74) is 9.03. The number of aromatic nitrogens is 2. The van der Waals surface area contributed by atoms with Crippen molar-refractivity contribution < 1.29 is 0 Å². The number of hydrogen-bond donors (Lipinski definition) is 1. The number of benzene rings is 1. The third-order valence-electron chi connectivity index (χ3n) is 7.82. The minimum Gasteiger partial charge on any atom is -0.352 e. The molecule has 2 fully saturated rings. The number of rotatable bonds is 5. The molecule has 2 unspecified atom stereocenters. The second-order valence-corrected chi connectivity index (χ2v) is 10.3. The molecule has 3 heterocycles. The molecule has 3 aromatic rings. The van der Waals surface area contributed by atoms with E-state index in [2.05, 4.69) is 78.9 Å². The molecule has 5 rings (SSSR count). The van der Waals surface area contributed by atoms with E-state index in [1.54, 1.807) is 0 Å². The van der Waals surface area contributed by atoms with Crippen LogP contribution < -0.4 is 5.32 Å². The first-order valence-corrected chi connectivity index (χ1v) is 13.2. The third kappa shape index (κ3) is 3.94. The van der Waals surface area contributed by atoms with Crippen LogP contribution in [0.5, 0.6) is 0 Å². The second-order valence-electron chi connectivity index (χ2n) is 9.92. The molecule has 1 saturated carbocycles. The van der Waals surface area contributed by atoms with Crippen LogP contribution in [0.15, 0.2) is 48.7 Å². The minimum atomic E-state index is 0.0482. The van der Waals surface area contributed by atoms with Gasteiger partial charge in [0.2, 0.25) is 0 Å². The summed E-state index contributed by atoms with van der Waals surface area (Å²) in [6, 6.07) is 15.9. The van der Waals surface area contributed by atoms with Crippen LogP contribution in [0.3, 0.4) is 0 Å². The lowest BCUT2D eigenvalue weighted by atomic mass is 9.90. The molecule has 1 aromatic carbocycles. The van der Waals surface area contributed by atoms with Crippen LogP contribution in [0.1, 0.15) is 84.9 Å². The van der Waals surface area contributed by atoms with Crippen molar-refractivity contribution in [1.29, 1.82) is 0 Å². The molecule has 5 heteroatoms. The maximum atomic E-state index is 5.99. The van der Waals surface area contributed by atoms with Crippen molar-refractivity contribution in [3.8, 4) is 5.69 Å². The number of thiocarbonyl (C=S) groups is 1. The smallest absolute Gasteiger partial charge is 0.170 e. The van der Waals surface area contributed by atoms with E-state index >= 15 is 0 Å². The summed E-state index contributed by atoms with van der Waals surface area (Å²) in [6.07, 6.45) is 9.24. The number of nitrogens with zero attached hydrogens (tertiary/aromatic N) is 3. The molecule has 2 aromatic heterocycles. The maximum absolute atomic E-state index is 5.99. The summed E-state index contributed by atoms with van der Waals surface area (Å²) in [7, 11) is 0. The van der Waals surface area contributed by atoms with Crippen molar-refractivity contribution in [2.24, 2.45) is 0 Å². The van der Waals surface area contributed by atoms with E-state index in [-0.39, 0.29) is 12.1 Å². The molecule has 0 radical (unpaired) electrons. The van der Waals surface area contributed by atoms with Crippen molar-refractivity contribution in [3.63, 3.8) is 0 Å². The number of hydrogen-bond acceptors (Lipinski definition) is 2.